The number of aryl methyl sites for hydroxylation is 1. The molecule has 0 saturated heterocycles. The molecule has 1 aliphatic rings. The maximum atomic E-state index is 3.59. The first-order valence-corrected chi connectivity index (χ1v) is 18.5. The number of rotatable bonds is 3. The minimum absolute atomic E-state index is 0. The number of fused-ring (bicyclic) bond motifs is 3. The van der Waals surface area contributed by atoms with Crippen LogP contribution in [0.5, 0.6) is 0 Å². The summed E-state index contributed by atoms with van der Waals surface area (Å²) in [6, 6.07) is 59.0. The van der Waals surface area contributed by atoms with E-state index in [1.807, 2.05) is 36.4 Å². The number of aromatic nitrogens is 2. The largest absolute Gasteiger partial charge is 4.00 e. The van der Waals surface area contributed by atoms with Crippen LogP contribution in [-0.4, -0.2) is 12.6 Å². The second-order valence-corrected chi connectivity index (χ2v) is 16.7. The van der Waals surface area contributed by atoms with Gasteiger partial charge in [0.1, 0.15) is 0 Å². The first-order chi connectivity index (χ1) is 21.9. The van der Waals surface area contributed by atoms with E-state index in [0.29, 0.717) is 0 Å². The molecule has 0 radical (unpaired) electrons. The van der Waals surface area contributed by atoms with Gasteiger partial charge in [0.15, 0.2) is 0 Å². The first-order valence-electron chi connectivity index (χ1n) is 15.5. The molecule has 1 aromatic heterocycles. The summed E-state index contributed by atoms with van der Waals surface area (Å²) >= 11 is 0. The fourth-order valence-electron chi connectivity index (χ4n) is 6.75. The van der Waals surface area contributed by atoms with Crippen LogP contribution in [-0.2, 0) is 26.5 Å². The number of hydrogen-bond acceptors (Lipinski definition) is 0. The van der Waals surface area contributed by atoms with Gasteiger partial charge < -0.3 is 4.57 Å². The van der Waals surface area contributed by atoms with E-state index in [2.05, 4.69) is 164 Å². The van der Waals surface area contributed by atoms with Gasteiger partial charge in [-0.2, -0.15) is 90.1 Å². The number of imidazole rings is 1. The van der Waals surface area contributed by atoms with Crippen molar-refractivity contribution in [3.8, 4) is 11.4 Å². The van der Waals surface area contributed by atoms with Gasteiger partial charge in [0.25, 0.3) is 6.33 Å². The van der Waals surface area contributed by atoms with E-state index in [-0.39, 0.29) is 26.5 Å². The quantitative estimate of drug-likeness (QED) is 0.0992. The molecule has 1 aliphatic heterocycles. The second kappa shape index (κ2) is 12.8. The first kappa shape index (κ1) is 31.7. The number of benzene rings is 6. The van der Waals surface area contributed by atoms with Crippen LogP contribution in [0.2, 0.25) is 13.1 Å². The molecule has 0 aliphatic carbocycles. The van der Waals surface area contributed by atoms with E-state index in [4.69, 9.17) is 0 Å². The van der Waals surface area contributed by atoms with Gasteiger partial charge in [-0.1, -0.05) is 91.4 Å². The Balaban J connectivity index is 0.000000158. The molecule has 7 aromatic rings. The van der Waals surface area contributed by atoms with Crippen LogP contribution in [0.1, 0.15) is 29.2 Å². The van der Waals surface area contributed by atoms with Crippen LogP contribution in [0.25, 0.3) is 22.4 Å². The Morgan fingerprint density at radius 3 is 2.04 bits per heavy atom. The van der Waals surface area contributed by atoms with Gasteiger partial charge in [0, 0.05) is 0 Å². The molecule has 2 heterocycles. The number of para-hydroxylation sites is 3. The zero-order chi connectivity index (χ0) is 31.0. The summed E-state index contributed by atoms with van der Waals surface area (Å²) in [5, 5.41) is 3.03. The Morgan fingerprint density at radius 2 is 1.30 bits per heavy atom. The summed E-state index contributed by atoms with van der Waals surface area (Å²) in [6.07, 6.45) is 3.44. The monoisotopic (exact) mass is 790 g/mol. The minimum Gasteiger partial charge on any atom is -0.315 e. The molecule has 0 bridgehead atoms. The summed E-state index contributed by atoms with van der Waals surface area (Å²) in [7, 11) is -1.70. The summed E-state index contributed by atoms with van der Waals surface area (Å²) in [5.41, 5.74) is 9.39. The Labute approximate surface area is 288 Å². The van der Waals surface area contributed by atoms with Crippen LogP contribution in [0.4, 0.5) is 0 Å². The Hall–Kier alpha value is -4.30. The van der Waals surface area contributed by atoms with Crippen LogP contribution < -0.4 is 14.9 Å². The molecule has 0 N–H and O–H groups in total. The molecule has 1 atom stereocenters. The average Bonchev–Trinajstić information content (AvgIpc) is 3.49. The van der Waals surface area contributed by atoms with Crippen molar-refractivity contribution in [2.75, 3.05) is 0 Å². The SMILES string of the molecule is CC1(c2[c-]cccc2)c2[c-]cccc2[Si](C)(C)c2ccccc21.Cc1ccc(-[n+]2[c-]n(-c3[c-]cccc3)c3ccccc32)cc1.[Pt+4]. The minimum atomic E-state index is -1.70. The van der Waals surface area contributed by atoms with E-state index in [1.165, 1.54) is 32.6 Å². The van der Waals surface area contributed by atoms with Crippen LogP contribution in [0, 0.1) is 31.5 Å². The standard InChI is InChI=1S/C22H20Si.C20H15N2.Pt/c1-22(17-11-5-4-6-12-17)18-13-7-9-15-20(18)23(2,3)21-16-10-8-14-19(21)22;1-16-11-13-18(14-12-16)22-15-21(17-7-3-2-4-8-17)19-9-5-6-10-20(19)22;/h4-11,13,15-16H,1-3H3;2-7,9-14H,1H3;/q-2;-1;+4. The Kier molecular flexibility index (Phi) is 8.83. The summed E-state index contributed by atoms with van der Waals surface area (Å²) in [4.78, 5) is 0. The topological polar surface area (TPSA) is 8.81 Å². The zero-order valence-electron chi connectivity index (χ0n) is 26.5. The van der Waals surface area contributed by atoms with Crippen molar-refractivity contribution in [2.24, 2.45) is 0 Å². The molecule has 226 valence electrons. The normalized spacial score (nSPS) is 15.9. The molecule has 8 rings (SSSR count). The molecular formula is C42H35N2PtSi+. The van der Waals surface area contributed by atoms with Gasteiger partial charge in [-0.15, -0.1) is 11.1 Å². The van der Waals surface area contributed by atoms with Crippen molar-refractivity contribution in [3.05, 3.63) is 186 Å². The maximum Gasteiger partial charge on any atom is 4.00 e. The van der Waals surface area contributed by atoms with Crippen molar-refractivity contribution < 1.29 is 25.6 Å². The molecule has 0 saturated carbocycles. The van der Waals surface area contributed by atoms with Gasteiger partial charge in [-0.25, -0.2) is 0 Å². The van der Waals surface area contributed by atoms with Gasteiger partial charge >= 0.3 is 21.1 Å². The molecule has 6 aromatic carbocycles. The summed E-state index contributed by atoms with van der Waals surface area (Å²) in [5.74, 6) is 0. The Bertz CT molecular complexity index is 2050. The van der Waals surface area contributed by atoms with Gasteiger partial charge in [0.2, 0.25) is 0 Å². The molecule has 2 nitrogen and oxygen atoms in total. The predicted molar refractivity (Wildman–Crippen MR) is 187 cm³/mol. The van der Waals surface area contributed by atoms with Gasteiger partial charge in [-0.05, 0) is 35.7 Å². The molecule has 0 amide bonds. The maximum absolute atomic E-state index is 3.59. The number of hydrogen-bond donors (Lipinski definition) is 0. The fourth-order valence-corrected chi connectivity index (χ4v) is 10.0. The van der Waals surface area contributed by atoms with E-state index in [1.54, 1.807) is 0 Å². The van der Waals surface area contributed by atoms with E-state index in [0.717, 1.165) is 22.4 Å². The average molecular weight is 791 g/mol. The summed E-state index contributed by atoms with van der Waals surface area (Å²) < 4.78 is 4.14. The third-order valence-electron chi connectivity index (χ3n) is 9.21. The smallest absolute Gasteiger partial charge is 0.315 e. The number of nitrogens with zero attached hydrogens (tertiary/aromatic N) is 2. The molecule has 46 heavy (non-hydrogen) atoms. The third-order valence-corrected chi connectivity index (χ3v) is 12.8. The zero-order valence-corrected chi connectivity index (χ0v) is 29.8. The Morgan fingerprint density at radius 1 is 0.652 bits per heavy atom. The van der Waals surface area contributed by atoms with Crippen molar-refractivity contribution >= 4 is 29.5 Å². The molecule has 4 heteroatoms. The van der Waals surface area contributed by atoms with E-state index >= 15 is 0 Å². The van der Waals surface area contributed by atoms with Crippen molar-refractivity contribution in [1.29, 1.82) is 0 Å². The van der Waals surface area contributed by atoms with Crippen molar-refractivity contribution in [3.63, 3.8) is 0 Å². The molecular weight excluding hydrogens is 756 g/mol. The van der Waals surface area contributed by atoms with Crippen LogP contribution >= 0.6 is 0 Å². The molecule has 0 spiro atoms. The summed E-state index contributed by atoms with van der Waals surface area (Å²) in [6.45, 7) is 9.33. The molecule has 0 fully saturated rings. The van der Waals surface area contributed by atoms with E-state index < -0.39 is 8.07 Å². The van der Waals surface area contributed by atoms with E-state index in [9.17, 15) is 0 Å². The third kappa shape index (κ3) is 5.42. The van der Waals surface area contributed by atoms with Crippen LogP contribution in [0.3, 0.4) is 0 Å². The van der Waals surface area contributed by atoms with Gasteiger partial charge in [-0.3, -0.25) is 4.57 Å². The predicted octanol–water partition coefficient (Wildman–Crippen LogP) is 7.59. The second-order valence-electron chi connectivity index (χ2n) is 12.4. The van der Waals surface area contributed by atoms with Gasteiger partial charge in [0.05, 0.1) is 24.8 Å². The fraction of sp³-hybridized carbons (Fsp3) is 0.119. The van der Waals surface area contributed by atoms with Crippen molar-refractivity contribution in [2.45, 2.75) is 32.4 Å². The van der Waals surface area contributed by atoms with Crippen molar-refractivity contribution in [1.82, 2.24) is 4.57 Å². The molecule has 1 unspecified atom stereocenters. The van der Waals surface area contributed by atoms with Crippen LogP contribution in [0.15, 0.2) is 140 Å².